The van der Waals surface area contributed by atoms with Crippen molar-refractivity contribution in [3.8, 4) is 0 Å². The van der Waals surface area contributed by atoms with E-state index in [-0.39, 0.29) is 11.3 Å². The first-order chi connectivity index (χ1) is 7.95. The summed E-state index contributed by atoms with van der Waals surface area (Å²) in [6.45, 7) is 1.86. The van der Waals surface area contributed by atoms with Gasteiger partial charge in [-0.3, -0.25) is 9.59 Å². The van der Waals surface area contributed by atoms with Gasteiger partial charge in [0, 0.05) is 18.0 Å². The van der Waals surface area contributed by atoms with E-state index in [1.807, 2.05) is 25.1 Å². The maximum atomic E-state index is 11.5. The molecule has 0 aliphatic carbocycles. The summed E-state index contributed by atoms with van der Waals surface area (Å²) in [5.41, 5.74) is 12.7. The third-order valence-electron chi connectivity index (χ3n) is 2.91. The normalized spacial score (nSPS) is 10.7. The number of amides is 2. The Morgan fingerprint density at radius 3 is 2.35 bits per heavy atom. The second-order valence-electron chi connectivity index (χ2n) is 3.98. The van der Waals surface area contributed by atoms with Crippen LogP contribution in [0.4, 0.5) is 0 Å². The fourth-order valence-electron chi connectivity index (χ4n) is 2.19. The molecule has 0 aliphatic heterocycles. The molecule has 1 aromatic carbocycles. The van der Waals surface area contributed by atoms with Gasteiger partial charge in [0.15, 0.2) is 0 Å². The first kappa shape index (κ1) is 11.2. The number of primary amides is 2. The molecule has 5 nitrogen and oxygen atoms in total. The van der Waals surface area contributed by atoms with E-state index in [1.54, 1.807) is 11.6 Å². The van der Waals surface area contributed by atoms with Crippen LogP contribution < -0.4 is 11.5 Å². The highest BCUT2D eigenvalue weighted by atomic mass is 16.2. The summed E-state index contributed by atoms with van der Waals surface area (Å²) in [7, 11) is 1.69. The van der Waals surface area contributed by atoms with Crippen LogP contribution >= 0.6 is 0 Å². The van der Waals surface area contributed by atoms with Crippen LogP contribution in [-0.4, -0.2) is 16.4 Å². The van der Waals surface area contributed by atoms with Crippen LogP contribution in [0.3, 0.4) is 0 Å². The van der Waals surface area contributed by atoms with Gasteiger partial charge in [-0.25, -0.2) is 0 Å². The van der Waals surface area contributed by atoms with Crippen molar-refractivity contribution in [3.63, 3.8) is 0 Å². The van der Waals surface area contributed by atoms with Crippen molar-refractivity contribution < 1.29 is 9.59 Å². The quantitative estimate of drug-likeness (QED) is 0.795. The van der Waals surface area contributed by atoms with Crippen molar-refractivity contribution in [1.29, 1.82) is 0 Å². The molecular formula is C12H13N3O2. The molecule has 2 amide bonds. The minimum Gasteiger partial charge on any atom is -0.366 e. The molecule has 0 spiro atoms. The molecule has 17 heavy (non-hydrogen) atoms. The Kier molecular flexibility index (Phi) is 2.38. The van der Waals surface area contributed by atoms with Crippen LogP contribution in [0.15, 0.2) is 18.2 Å². The van der Waals surface area contributed by atoms with Gasteiger partial charge in [-0.15, -0.1) is 0 Å². The van der Waals surface area contributed by atoms with E-state index in [9.17, 15) is 9.59 Å². The number of carbonyl (C=O) groups excluding carboxylic acids is 2. The van der Waals surface area contributed by atoms with Gasteiger partial charge in [-0.05, 0) is 18.6 Å². The molecule has 1 heterocycles. The maximum absolute atomic E-state index is 11.5. The molecule has 0 unspecified atom stereocenters. The van der Waals surface area contributed by atoms with E-state index in [4.69, 9.17) is 11.5 Å². The molecule has 2 rings (SSSR count). The molecular weight excluding hydrogens is 218 g/mol. The molecule has 1 aromatic heterocycles. The van der Waals surface area contributed by atoms with Gasteiger partial charge >= 0.3 is 0 Å². The second kappa shape index (κ2) is 3.62. The number of hydrogen-bond acceptors (Lipinski definition) is 2. The molecule has 0 fully saturated rings. The van der Waals surface area contributed by atoms with E-state index in [0.29, 0.717) is 5.39 Å². The van der Waals surface area contributed by atoms with Crippen molar-refractivity contribution in [2.45, 2.75) is 6.92 Å². The minimum atomic E-state index is -0.656. The molecule has 0 saturated carbocycles. The largest absolute Gasteiger partial charge is 0.366 e. The molecule has 0 aliphatic rings. The van der Waals surface area contributed by atoms with E-state index in [0.717, 1.165) is 11.1 Å². The Morgan fingerprint density at radius 2 is 1.82 bits per heavy atom. The SMILES string of the molecule is Cc1cccc2c1c(C(N)=O)c(C(N)=O)n2C. The maximum Gasteiger partial charge on any atom is 0.266 e. The Hall–Kier alpha value is -2.30. The standard InChI is InChI=1S/C12H13N3O2/c1-6-4-3-5-7-8(6)9(11(13)16)10(12(14)17)15(7)2/h3-5H,1-2H3,(H2,13,16)(H2,14,17). The van der Waals surface area contributed by atoms with E-state index < -0.39 is 11.8 Å². The fraction of sp³-hybridized carbons (Fsp3) is 0.167. The lowest BCUT2D eigenvalue weighted by Crippen LogP contribution is -2.22. The highest BCUT2D eigenvalue weighted by Crippen LogP contribution is 2.27. The number of nitrogens with zero attached hydrogens (tertiary/aromatic N) is 1. The number of aromatic nitrogens is 1. The Labute approximate surface area is 98.0 Å². The Balaban J connectivity index is 3.05. The van der Waals surface area contributed by atoms with Gasteiger partial charge in [-0.1, -0.05) is 12.1 Å². The zero-order valence-electron chi connectivity index (χ0n) is 9.65. The summed E-state index contributed by atoms with van der Waals surface area (Å²) in [5, 5.41) is 0.691. The van der Waals surface area contributed by atoms with Crippen LogP contribution in [0, 0.1) is 6.92 Å². The van der Waals surface area contributed by atoms with E-state index in [1.165, 1.54) is 0 Å². The first-order valence-electron chi connectivity index (χ1n) is 5.12. The molecule has 5 heteroatoms. The smallest absolute Gasteiger partial charge is 0.266 e. The zero-order valence-corrected chi connectivity index (χ0v) is 9.65. The third kappa shape index (κ3) is 1.47. The molecule has 0 saturated heterocycles. The van der Waals surface area contributed by atoms with Crippen LogP contribution in [0.25, 0.3) is 10.9 Å². The van der Waals surface area contributed by atoms with Crippen LogP contribution in [0.5, 0.6) is 0 Å². The van der Waals surface area contributed by atoms with Crippen molar-refractivity contribution in [3.05, 3.63) is 35.0 Å². The van der Waals surface area contributed by atoms with Crippen molar-refractivity contribution in [1.82, 2.24) is 4.57 Å². The number of benzene rings is 1. The summed E-state index contributed by atoms with van der Waals surface area (Å²) in [6.07, 6.45) is 0. The van der Waals surface area contributed by atoms with Gasteiger partial charge < -0.3 is 16.0 Å². The number of fused-ring (bicyclic) bond motifs is 1. The monoisotopic (exact) mass is 231 g/mol. The summed E-state index contributed by atoms with van der Waals surface area (Å²) >= 11 is 0. The molecule has 0 atom stereocenters. The third-order valence-corrected chi connectivity index (χ3v) is 2.91. The average molecular weight is 231 g/mol. The Morgan fingerprint density at radius 1 is 1.18 bits per heavy atom. The molecule has 2 aromatic rings. The van der Waals surface area contributed by atoms with Crippen LogP contribution in [0.2, 0.25) is 0 Å². The number of hydrogen-bond donors (Lipinski definition) is 2. The topological polar surface area (TPSA) is 91.1 Å². The number of carbonyl (C=O) groups is 2. The lowest BCUT2D eigenvalue weighted by Gasteiger charge is -2.00. The van der Waals surface area contributed by atoms with Crippen molar-refractivity contribution in [2.24, 2.45) is 18.5 Å². The lowest BCUT2D eigenvalue weighted by molar-refractivity contribution is 0.0963. The second-order valence-corrected chi connectivity index (χ2v) is 3.98. The van der Waals surface area contributed by atoms with E-state index in [2.05, 4.69) is 0 Å². The van der Waals surface area contributed by atoms with E-state index >= 15 is 0 Å². The zero-order chi connectivity index (χ0) is 12.7. The fourth-order valence-corrected chi connectivity index (χ4v) is 2.19. The summed E-state index contributed by atoms with van der Waals surface area (Å²) in [4.78, 5) is 22.9. The average Bonchev–Trinajstić information content (AvgIpc) is 2.54. The van der Waals surface area contributed by atoms with Gasteiger partial charge in [0.05, 0.1) is 5.56 Å². The number of aryl methyl sites for hydroxylation is 2. The minimum absolute atomic E-state index is 0.154. The van der Waals surface area contributed by atoms with Crippen molar-refractivity contribution in [2.75, 3.05) is 0 Å². The van der Waals surface area contributed by atoms with Crippen molar-refractivity contribution >= 4 is 22.7 Å². The lowest BCUT2D eigenvalue weighted by atomic mass is 10.1. The Bertz CT molecular complexity index is 641. The molecule has 0 radical (unpaired) electrons. The van der Waals surface area contributed by atoms with Crippen LogP contribution in [0.1, 0.15) is 26.4 Å². The van der Waals surface area contributed by atoms with Gasteiger partial charge in [0.2, 0.25) is 0 Å². The highest BCUT2D eigenvalue weighted by Gasteiger charge is 2.23. The predicted molar refractivity (Wildman–Crippen MR) is 64.7 cm³/mol. The summed E-state index contributed by atoms with van der Waals surface area (Å²) < 4.78 is 1.60. The molecule has 4 N–H and O–H groups in total. The highest BCUT2D eigenvalue weighted by molar-refractivity contribution is 6.15. The predicted octanol–water partition coefficient (Wildman–Crippen LogP) is 0.685. The molecule has 0 bridgehead atoms. The number of rotatable bonds is 2. The number of nitrogens with two attached hydrogens (primary N) is 2. The van der Waals surface area contributed by atoms with Gasteiger partial charge in [0.25, 0.3) is 11.8 Å². The molecule has 88 valence electrons. The summed E-state index contributed by atoms with van der Waals surface area (Å²) in [6, 6.07) is 5.54. The summed E-state index contributed by atoms with van der Waals surface area (Å²) in [5.74, 6) is -1.30. The first-order valence-corrected chi connectivity index (χ1v) is 5.12. The van der Waals surface area contributed by atoms with Crippen LogP contribution in [-0.2, 0) is 7.05 Å². The van der Waals surface area contributed by atoms with Gasteiger partial charge in [-0.2, -0.15) is 0 Å². The van der Waals surface area contributed by atoms with Gasteiger partial charge in [0.1, 0.15) is 5.69 Å².